The standard InChI is InChI=1S/C12H20N4O2/c1-3-14-12-11(8(2)13)15-7-16(12)10-5-4-9(6-17)18-10/h7,9-10,13-14,17H,3-6H2,1-2H3. The fraction of sp³-hybridized carbons (Fsp3) is 0.667. The Labute approximate surface area is 106 Å². The molecule has 0 amide bonds. The van der Waals surface area contributed by atoms with Gasteiger partial charge in [-0.2, -0.15) is 0 Å². The summed E-state index contributed by atoms with van der Waals surface area (Å²) >= 11 is 0. The molecule has 0 saturated carbocycles. The van der Waals surface area contributed by atoms with E-state index in [1.165, 1.54) is 0 Å². The summed E-state index contributed by atoms with van der Waals surface area (Å²) in [6, 6.07) is 0. The van der Waals surface area contributed by atoms with E-state index in [9.17, 15) is 0 Å². The topological polar surface area (TPSA) is 83.2 Å². The Kier molecular flexibility index (Phi) is 3.98. The molecule has 0 bridgehead atoms. The van der Waals surface area contributed by atoms with Gasteiger partial charge in [-0.25, -0.2) is 4.98 Å². The minimum Gasteiger partial charge on any atom is -0.394 e. The molecule has 3 N–H and O–H groups in total. The van der Waals surface area contributed by atoms with Crippen molar-refractivity contribution in [2.24, 2.45) is 0 Å². The molecular weight excluding hydrogens is 232 g/mol. The van der Waals surface area contributed by atoms with Gasteiger partial charge in [-0.1, -0.05) is 0 Å². The van der Waals surface area contributed by atoms with Gasteiger partial charge in [0.05, 0.1) is 24.7 Å². The van der Waals surface area contributed by atoms with Crippen LogP contribution in [0.1, 0.15) is 38.6 Å². The lowest BCUT2D eigenvalue weighted by molar-refractivity contribution is -0.0214. The van der Waals surface area contributed by atoms with Gasteiger partial charge in [-0.05, 0) is 26.7 Å². The second-order valence-corrected chi connectivity index (χ2v) is 4.48. The Morgan fingerprint density at radius 1 is 1.67 bits per heavy atom. The first-order valence-corrected chi connectivity index (χ1v) is 6.29. The van der Waals surface area contributed by atoms with Crippen LogP contribution in [0.2, 0.25) is 0 Å². The normalized spacial score (nSPS) is 23.3. The summed E-state index contributed by atoms with van der Waals surface area (Å²) < 4.78 is 7.66. The monoisotopic (exact) mass is 252 g/mol. The molecule has 1 aliphatic heterocycles. The molecule has 2 atom stereocenters. The molecule has 1 aliphatic rings. The van der Waals surface area contributed by atoms with Gasteiger partial charge >= 0.3 is 0 Å². The summed E-state index contributed by atoms with van der Waals surface area (Å²) in [5.74, 6) is 0.827. The smallest absolute Gasteiger partial charge is 0.137 e. The number of rotatable bonds is 5. The second-order valence-electron chi connectivity index (χ2n) is 4.48. The van der Waals surface area contributed by atoms with Gasteiger partial charge in [0.25, 0.3) is 0 Å². The SMILES string of the molecule is CCNc1c(C(C)=N)ncn1C1CCC(CO)O1. The van der Waals surface area contributed by atoms with Crippen molar-refractivity contribution in [1.82, 2.24) is 9.55 Å². The van der Waals surface area contributed by atoms with E-state index in [1.54, 1.807) is 13.3 Å². The van der Waals surface area contributed by atoms with Gasteiger partial charge in [0.1, 0.15) is 17.7 Å². The highest BCUT2D eigenvalue weighted by Gasteiger charge is 2.28. The van der Waals surface area contributed by atoms with Gasteiger partial charge in [0, 0.05) is 6.54 Å². The Balaban J connectivity index is 2.25. The lowest BCUT2D eigenvalue weighted by atomic mass is 10.2. The second kappa shape index (κ2) is 5.49. The highest BCUT2D eigenvalue weighted by Crippen LogP contribution is 2.31. The average Bonchev–Trinajstić information content (AvgIpc) is 2.94. The molecule has 0 spiro atoms. The largest absolute Gasteiger partial charge is 0.394 e. The van der Waals surface area contributed by atoms with E-state index in [0.29, 0.717) is 11.4 Å². The number of imidazole rings is 1. The Morgan fingerprint density at radius 2 is 2.44 bits per heavy atom. The summed E-state index contributed by atoms with van der Waals surface area (Å²) in [5.41, 5.74) is 1.09. The van der Waals surface area contributed by atoms with Crippen LogP contribution in [-0.2, 0) is 4.74 Å². The Morgan fingerprint density at radius 3 is 3.00 bits per heavy atom. The number of nitrogens with one attached hydrogen (secondary N) is 2. The first kappa shape index (κ1) is 13.0. The third-order valence-electron chi connectivity index (χ3n) is 3.09. The van der Waals surface area contributed by atoms with Crippen LogP contribution >= 0.6 is 0 Å². The van der Waals surface area contributed by atoms with Crippen molar-refractivity contribution in [3.63, 3.8) is 0 Å². The summed E-state index contributed by atoms with van der Waals surface area (Å²) in [5, 5.41) is 20.0. The molecule has 6 nitrogen and oxygen atoms in total. The van der Waals surface area contributed by atoms with E-state index in [0.717, 1.165) is 25.2 Å². The van der Waals surface area contributed by atoms with Crippen molar-refractivity contribution in [3.05, 3.63) is 12.0 Å². The number of aromatic nitrogens is 2. The fourth-order valence-electron chi connectivity index (χ4n) is 2.22. The Bertz CT molecular complexity index is 430. The molecule has 1 aromatic heterocycles. The quantitative estimate of drug-likeness (QED) is 0.691. The molecular formula is C12H20N4O2. The number of aliphatic hydroxyl groups excluding tert-OH is 1. The molecule has 2 heterocycles. The van der Waals surface area contributed by atoms with Gasteiger partial charge in [0.2, 0.25) is 0 Å². The zero-order chi connectivity index (χ0) is 13.1. The predicted molar refractivity (Wildman–Crippen MR) is 69.1 cm³/mol. The van der Waals surface area contributed by atoms with E-state index in [2.05, 4.69) is 10.3 Å². The predicted octanol–water partition coefficient (Wildman–Crippen LogP) is 1.37. The maximum absolute atomic E-state index is 9.10. The molecule has 0 aromatic carbocycles. The van der Waals surface area contributed by atoms with Crippen molar-refractivity contribution < 1.29 is 9.84 Å². The fourth-order valence-corrected chi connectivity index (χ4v) is 2.22. The molecule has 1 fully saturated rings. The van der Waals surface area contributed by atoms with E-state index in [-0.39, 0.29) is 18.9 Å². The molecule has 100 valence electrons. The van der Waals surface area contributed by atoms with Crippen LogP contribution in [0.15, 0.2) is 6.33 Å². The van der Waals surface area contributed by atoms with Gasteiger partial charge in [0.15, 0.2) is 0 Å². The highest BCUT2D eigenvalue weighted by molar-refractivity contribution is 5.98. The van der Waals surface area contributed by atoms with Crippen LogP contribution in [0, 0.1) is 5.41 Å². The van der Waals surface area contributed by atoms with Gasteiger partial charge < -0.3 is 20.6 Å². The number of hydrogen-bond donors (Lipinski definition) is 3. The zero-order valence-electron chi connectivity index (χ0n) is 10.8. The summed E-state index contributed by atoms with van der Waals surface area (Å²) in [4.78, 5) is 4.26. The molecule has 18 heavy (non-hydrogen) atoms. The number of nitrogens with zero attached hydrogens (tertiary/aromatic N) is 2. The molecule has 2 rings (SSSR count). The van der Waals surface area contributed by atoms with Crippen molar-refractivity contribution in [2.75, 3.05) is 18.5 Å². The van der Waals surface area contributed by atoms with Gasteiger partial charge in [-0.15, -0.1) is 0 Å². The van der Waals surface area contributed by atoms with Gasteiger partial charge in [-0.3, -0.25) is 4.57 Å². The number of hydrogen-bond acceptors (Lipinski definition) is 5. The number of aliphatic hydroxyl groups is 1. The van der Waals surface area contributed by atoms with Crippen LogP contribution in [0.3, 0.4) is 0 Å². The molecule has 0 radical (unpaired) electrons. The minimum atomic E-state index is -0.100. The minimum absolute atomic E-state index is 0.0538. The van der Waals surface area contributed by atoms with E-state index in [1.807, 2.05) is 11.5 Å². The maximum atomic E-state index is 9.10. The van der Waals surface area contributed by atoms with Crippen molar-refractivity contribution in [1.29, 1.82) is 5.41 Å². The molecule has 2 unspecified atom stereocenters. The number of anilines is 1. The third-order valence-corrected chi connectivity index (χ3v) is 3.09. The van der Waals surface area contributed by atoms with E-state index in [4.69, 9.17) is 15.3 Å². The molecule has 1 saturated heterocycles. The van der Waals surface area contributed by atoms with Crippen LogP contribution in [0.4, 0.5) is 5.82 Å². The van der Waals surface area contributed by atoms with Crippen LogP contribution in [-0.4, -0.2) is 39.6 Å². The molecule has 1 aromatic rings. The first-order chi connectivity index (χ1) is 8.67. The molecule has 6 heteroatoms. The zero-order valence-corrected chi connectivity index (χ0v) is 10.8. The van der Waals surface area contributed by atoms with Crippen LogP contribution in [0.25, 0.3) is 0 Å². The third kappa shape index (κ3) is 2.39. The lowest BCUT2D eigenvalue weighted by Crippen LogP contribution is -2.16. The Hall–Kier alpha value is -1.40. The summed E-state index contributed by atoms with van der Waals surface area (Å²) in [6.45, 7) is 4.55. The first-order valence-electron chi connectivity index (χ1n) is 6.29. The number of ether oxygens (including phenoxy) is 1. The van der Waals surface area contributed by atoms with E-state index < -0.39 is 0 Å². The van der Waals surface area contributed by atoms with Crippen molar-refractivity contribution in [3.8, 4) is 0 Å². The summed E-state index contributed by atoms with van der Waals surface area (Å²) in [7, 11) is 0. The van der Waals surface area contributed by atoms with E-state index >= 15 is 0 Å². The van der Waals surface area contributed by atoms with Crippen LogP contribution < -0.4 is 5.32 Å². The van der Waals surface area contributed by atoms with Crippen molar-refractivity contribution in [2.45, 2.75) is 39.0 Å². The molecule has 0 aliphatic carbocycles. The summed E-state index contributed by atoms with van der Waals surface area (Å²) in [6.07, 6.45) is 3.23. The van der Waals surface area contributed by atoms with Crippen LogP contribution in [0.5, 0.6) is 0 Å². The highest BCUT2D eigenvalue weighted by atomic mass is 16.5. The maximum Gasteiger partial charge on any atom is 0.137 e. The average molecular weight is 252 g/mol. The van der Waals surface area contributed by atoms with Crippen molar-refractivity contribution >= 4 is 11.5 Å². The lowest BCUT2D eigenvalue weighted by Gasteiger charge is -2.17.